The first-order chi connectivity index (χ1) is 18.3. The van der Waals surface area contributed by atoms with E-state index in [4.69, 9.17) is 15.5 Å². The Morgan fingerprint density at radius 3 is 2.34 bits per heavy atom. The summed E-state index contributed by atoms with van der Waals surface area (Å²) in [5.74, 6) is 0. The number of carbonyl (C=O) groups is 1. The van der Waals surface area contributed by atoms with Gasteiger partial charge < -0.3 is 10.5 Å². The Kier molecular flexibility index (Phi) is 7.19. The van der Waals surface area contributed by atoms with Crippen molar-refractivity contribution in [2.24, 2.45) is 4.99 Å². The maximum Gasteiger partial charge on any atom is 0.410 e. The average molecular weight is 506 g/mol. The summed E-state index contributed by atoms with van der Waals surface area (Å²) < 4.78 is 5.65. The molecule has 0 radical (unpaired) electrons. The number of aliphatic imine (C=N–C) groups is 1. The van der Waals surface area contributed by atoms with Crippen LogP contribution in [0.15, 0.2) is 90.1 Å². The number of nitrogens with two attached hydrogens (primary N) is 1. The molecule has 1 amide bonds. The molecule has 194 valence electrons. The zero-order valence-corrected chi connectivity index (χ0v) is 22.4. The lowest BCUT2D eigenvalue weighted by Crippen LogP contribution is -2.43. The molecule has 1 fully saturated rings. The van der Waals surface area contributed by atoms with Crippen LogP contribution in [0.25, 0.3) is 17.2 Å². The molecule has 0 aromatic heterocycles. The molecule has 38 heavy (non-hydrogen) atoms. The number of nitrogen functional groups attached to an aromatic ring is 1. The van der Waals surface area contributed by atoms with E-state index < -0.39 is 5.60 Å². The first-order valence-corrected chi connectivity index (χ1v) is 13.3. The lowest BCUT2D eigenvalue weighted by molar-refractivity contribution is 0.0265. The molecule has 0 bridgehead atoms. The molecule has 0 aliphatic carbocycles. The summed E-state index contributed by atoms with van der Waals surface area (Å²) in [6.07, 6.45) is 6.55. The van der Waals surface area contributed by atoms with Crippen LogP contribution in [-0.2, 0) is 4.74 Å². The molecule has 0 saturated carbocycles. The van der Waals surface area contributed by atoms with Gasteiger partial charge in [0.15, 0.2) is 0 Å². The van der Waals surface area contributed by atoms with Crippen LogP contribution in [0.4, 0.5) is 10.5 Å². The minimum Gasteiger partial charge on any atom is -0.444 e. The molecule has 2 N–H and O–H groups in total. The molecule has 0 unspecified atom stereocenters. The van der Waals surface area contributed by atoms with Crippen LogP contribution in [-0.4, -0.2) is 34.9 Å². The SMILES string of the molecule is CC(C)(C)OC(=O)N1CCC[C@H]1C1=NC=C(c2ccc(C(=Cc3ccc(N)cc3)c3ccccc3)cc2)C1. The Labute approximate surface area is 225 Å². The molecule has 5 rings (SSSR count). The smallest absolute Gasteiger partial charge is 0.410 e. The van der Waals surface area contributed by atoms with Gasteiger partial charge >= 0.3 is 6.09 Å². The summed E-state index contributed by atoms with van der Waals surface area (Å²) >= 11 is 0. The largest absolute Gasteiger partial charge is 0.444 e. The second kappa shape index (κ2) is 10.7. The Hall–Kier alpha value is -4.12. The van der Waals surface area contributed by atoms with Gasteiger partial charge in [-0.2, -0.15) is 0 Å². The van der Waals surface area contributed by atoms with Crippen molar-refractivity contribution < 1.29 is 9.53 Å². The third kappa shape index (κ3) is 5.88. The highest BCUT2D eigenvalue weighted by Gasteiger charge is 2.36. The number of anilines is 1. The molecule has 2 aliphatic heterocycles. The number of ether oxygens (including phenoxy) is 1. The van der Waals surface area contributed by atoms with Gasteiger partial charge in [-0.25, -0.2) is 4.79 Å². The van der Waals surface area contributed by atoms with Gasteiger partial charge in [-0.1, -0.05) is 66.7 Å². The van der Waals surface area contributed by atoms with Gasteiger partial charge in [-0.3, -0.25) is 9.89 Å². The molecule has 2 heterocycles. The van der Waals surface area contributed by atoms with E-state index in [1.165, 1.54) is 5.57 Å². The highest BCUT2D eigenvalue weighted by atomic mass is 16.6. The molecule has 3 aromatic rings. The van der Waals surface area contributed by atoms with Crippen molar-refractivity contribution in [3.05, 3.63) is 107 Å². The van der Waals surface area contributed by atoms with Crippen molar-refractivity contribution in [1.29, 1.82) is 0 Å². The number of allylic oxidation sites excluding steroid dienone is 1. The maximum absolute atomic E-state index is 12.8. The standard InChI is InChI=1S/C33H35N3O2/c1-33(2,3)38-32(37)36-19-7-10-31(36)30-21-27(22-35-30)24-13-15-26(16-14-24)29(25-8-5-4-6-9-25)20-23-11-17-28(34)18-12-23/h4-6,8-9,11-18,20,22,31H,7,10,19,21,34H2,1-3H3/t31-/m0/s1. The zero-order chi connectivity index (χ0) is 26.7. The second-order valence-corrected chi connectivity index (χ2v) is 11.0. The van der Waals surface area contributed by atoms with Gasteiger partial charge in [0.05, 0.1) is 6.04 Å². The van der Waals surface area contributed by atoms with E-state index in [1.807, 2.05) is 62.2 Å². The van der Waals surface area contributed by atoms with Crippen molar-refractivity contribution in [2.45, 2.75) is 51.7 Å². The monoisotopic (exact) mass is 505 g/mol. The Balaban J connectivity index is 1.33. The lowest BCUT2D eigenvalue weighted by Gasteiger charge is -2.28. The minimum absolute atomic E-state index is 0.00500. The van der Waals surface area contributed by atoms with Crippen LogP contribution in [0.2, 0.25) is 0 Å². The summed E-state index contributed by atoms with van der Waals surface area (Å²) in [6.45, 7) is 6.42. The summed E-state index contributed by atoms with van der Waals surface area (Å²) in [7, 11) is 0. The molecule has 3 aromatic carbocycles. The Morgan fingerprint density at radius 2 is 1.66 bits per heavy atom. The van der Waals surface area contributed by atoms with Gasteiger partial charge in [-0.15, -0.1) is 0 Å². The molecule has 1 saturated heterocycles. The first-order valence-electron chi connectivity index (χ1n) is 13.3. The Bertz CT molecular complexity index is 1380. The van der Waals surface area contributed by atoms with Crippen molar-refractivity contribution in [3.63, 3.8) is 0 Å². The fraction of sp³-hybridized carbons (Fsp3) is 0.273. The minimum atomic E-state index is -0.506. The number of hydrogen-bond acceptors (Lipinski definition) is 4. The lowest BCUT2D eigenvalue weighted by atomic mass is 9.93. The third-order valence-electron chi connectivity index (χ3n) is 6.92. The van der Waals surface area contributed by atoms with Gasteiger partial charge in [-0.05, 0) is 85.2 Å². The third-order valence-corrected chi connectivity index (χ3v) is 6.92. The molecule has 5 heteroatoms. The maximum atomic E-state index is 12.8. The van der Waals surface area contributed by atoms with Crippen LogP contribution in [0, 0.1) is 0 Å². The molecule has 5 nitrogen and oxygen atoms in total. The fourth-order valence-electron chi connectivity index (χ4n) is 5.05. The molecular formula is C33H35N3O2. The van der Waals surface area contributed by atoms with E-state index in [2.05, 4.69) is 54.6 Å². The highest BCUT2D eigenvalue weighted by Crippen LogP contribution is 2.32. The van der Waals surface area contributed by atoms with E-state index >= 15 is 0 Å². The fourth-order valence-corrected chi connectivity index (χ4v) is 5.05. The normalized spacial score (nSPS) is 17.8. The van der Waals surface area contributed by atoms with E-state index in [9.17, 15) is 4.79 Å². The molecular weight excluding hydrogens is 470 g/mol. The van der Waals surface area contributed by atoms with Crippen molar-refractivity contribution >= 4 is 34.7 Å². The number of rotatable bonds is 5. The number of amides is 1. The van der Waals surface area contributed by atoms with Gasteiger partial charge in [0, 0.05) is 30.6 Å². The number of nitrogens with zero attached hydrogens (tertiary/aromatic N) is 2. The van der Waals surface area contributed by atoms with Crippen molar-refractivity contribution in [2.75, 3.05) is 12.3 Å². The summed E-state index contributed by atoms with van der Waals surface area (Å²) in [5, 5.41) is 0. The molecule has 1 atom stereocenters. The van der Waals surface area contributed by atoms with Crippen LogP contribution in [0.5, 0.6) is 0 Å². The number of benzene rings is 3. The second-order valence-electron chi connectivity index (χ2n) is 11.0. The highest BCUT2D eigenvalue weighted by molar-refractivity contribution is 6.03. The summed E-state index contributed by atoms with van der Waals surface area (Å²) in [4.78, 5) is 19.4. The predicted molar refractivity (Wildman–Crippen MR) is 157 cm³/mol. The van der Waals surface area contributed by atoms with Gasteiger partial charge in [0.1, 0.15) is 5.60 Å². The van der Waals surface area contributed by atoms with Crippen molar-refractivity contribution in [1.82, 2.24) is 4.90 Å². The summed E-state index contributed by atoms with van der Waals surface area (Å²) in [6, 6.07) is 27.0. The van der Waals surface area contributed by atoms with Crippen LogP contribution in [0.1, 0.15) is 62.3 Å². The van der Waals surface area contributed by atoms with Crippen LogP contribution in [0.3, 0.4) is 0 Å². The van der Waals surface area contributed by atoms with Gasteiger partial charge in [0.25, 0.3) is 0 Å². The molecule has 2 aliphatic rings. The van der Waals surface area contributed by atoms with Crippen molar-refractivity contribution in [3.8, 4) is 0 Å². The van der Waals surface area contributed by atoms with Crippen LogP contribution < -0.4 is 5.73 Å². The van der Waals surface area contributed by atoms with Gasteiger partial charge in [0.2, 0.25) is 0 Å². The zero-order valence-electron chi connectivity index (χ0n) is 22.4. The average Bonchev–Trinajstić information content (AvgIpc) is 3.58. The Morgan fingerprint density at radius 1 is 0.974 bits per heavy atom. The number of hydrogen-bond donors (Lipinski definition) is 1. The topological polar surface area (TPSA) is 67.9 Å². The quantitative estimate of drug-likeness (QED) is 0.289. The number of likely N-dealkylation sites (tertiary alicyclic amines) is 1. The van der Waals surface area contributed by atoms with Crippen LogP contribution >= 0.6 is 0 Å². The van der Waals surface area contributed by atoms with E-state index in [0.717, 1.165) is 58.5 Å². The summed E-state index contributed by atoms with van der Waals surface area (Å²) in [5.41, 5.74) is 14.1. The predicted octanol–water partition coefficient (Wildman–Crippen LogP) is 7.44. The molecule has 0 spiro atoms. The van der Waals surface area contributed by atoms with E-state index in [-0.39, 0.29) is 12.1 Å². The van der Waals surface area contributed by atoms with E-state index in [1.54, 1.807) is 0 Å². The van der Waals surface area contributed by atoms with E-state index in [0.29, 0.717) is 6.54 Å². The first kappa shape index (κ1) is 25.5. The number of carbonyl (C=O) groups excluding carboxylic acids is 1.